The number of thiocarbonyl (C=S) groups is 1. The molecule has 0 spiro atoms. The van der Waals surface area contributed by atoms with Gasteiger partial charge in [-0.15, -0.1) is 0 Å². The van der Waals surface area contributed by atoms with Crippen LogP contribution in [-0.2, 0) is 7.05 Å². The first-order valence-corrected chi connectivity index (χ1v) is 6.91. The van der Waals surface area contributed by atoms with E-state index >= 15 is 0 Å². The van der Waals surface area contributed by atoms with Crippen molar-refractivity contribution in [2.45, 2.75) is 26.7 Å². The van der Waals surface area contributed by atoms with E-state index in [9.17, 15) is 4.79 Å². The fourth-order valence-electron chi connectivity index (χ4n) is 2.61. The average Bonchev–Trinajstić information content (AvgIpc) is 2.62. The molecule has 104 valence electrons. The Bertz CT molecular complexity index is 515. The molecule has 1 saturated heterocycles. The van der Waals surface area contributed by atoms with Gasteiger partial charge in [0.2, 0.25) is 0 Å². The zero-order chi connectivity index (χ0) is 14.2. The van der Waals surface area contributed by atoms with Crippen LogP contribution in [0, 0.1) is 19.8 Å². The molecule has 1 amide bonds. The number of likely N-dealkylation sites (tertiary alicyclic amines) is 1. The molecular formula is C13H20N4OS. The van der Waals surface area contributed by atoms with E-state index in [-0.39, 0.29) is 11.8 Å². The van der Waals surface area contributed by atoms with Crippen LogP contribution in [0.15, 0.2) is 0 Å². The van der Waals surface area contributed by atoms with Gasteiger partial charge in [0.15, 0.2) is 0 Å². The quantitative estimate of drug-likeness (QED) is 0.826. The summed E-state index contributed by atoms with van der Waals surface area (Å²) in [6.45, 7) is 5.24. The molecule has 0 radical (unpaired) electrons. The summed E-state index contributed by atoms with van der Waals surface area (Å²) in [6, 6.07) is 0. The van der Waals surface area contributed by atoms with Crippen molar-refractivity contribution in [3.05, 3.63) is 17.0 Å². The molecule has 0 aromatic carbocycles. The second kappa shape index (κ2) is 5.28. The van der Waals surface area contributed by atoms with Crippen LogP contribution < -0.4 is 5.73 Å². The Kier molecular flexibility index (Phi) is 3.89. The van der Waals surface area contributed by atoms with Gasteiger partial charge in [0, 0.05) is 31.7 Å². The molecule has 1 aromatic heterocycles. The Hall–Kier alpha value is -1.43. The topological polar surface area (TPSA) is 64.2 Å². The second-order valence-electron chi connectivity index (χ2n) is 5.14. The molecule has 0 aliphatic carbocycles. The highest BCUT2D eigenvalue weighted by Crippen LogP contribution is 2.21. The summed E-state index contributed by atoms with van der Waals surface area (Å²) in [6.07, 6.45) is 1.72. The van der Waals surface area contributed by atoms with Crippen molar-refractivity contribution in [3.8, 4) is 0 Å². The van der Waals surface area contributed by atoms with E-state index in [0.717, 1.165) is 29.8 Å². The van der Waals surface area contributed by atoms with Crippen LogP contribution in [-0.4, -0.2) is 38.7 Å². The van der Waals surface area contributed by atoms with E-state index < -0.39 is 0 Å². The summed E-state index contributed by atoms with van der Waals surface area (Å²) >= 11 is 5.02. The third-order valence-electron chi connectivity index (χ3n) is 3.91. The van der Waals surface area contributed by atoms with Crippen molar-refractivity contribution in [1.29, 1.82) is 0 Å². The molecule has 1 aromatic rings. The Morgan fingerprint density at radius 1 is 1.37 bits per heavy atom. The minimum absolute atomic E-state index is 0.0736. The molecule has 1 aliphatic rings. The molecule has 0 bridgehead atoms. The summed E-state index contributed by atoms with van der Waals surface area (Å²) in [7, 11) is 1.86. The zero-order valence-electron chi connectivity index (χ0n) is 11.6. The average molecular weight is 280 g/mol. The van der Waals surface area contributed by atoms with E-state index in [1.165, 1.54) is 0 Å². The lowest BCUT2D eigenvalue weighted by molar-refractivity contribution is 0.0709. The lowest BCUT2D eigenvalue weighted by Gasteiger charge is -2.31. The Labute approximate surface area is 118 Å². The van der Waals surface area contributed by atoms with Gasteiger partial charge >= 0.3 is 0 Å². The van der Waals surface area contributed by atoms with Crippen LogP contribution in [0.1, 0.15) is 34.6 Å². The number of hydrogen-bond acceptors (Lipinski definition) is 3. The largest absolute Gasteiger partial charge is 0.393 e. The number of carbonyl (C=O) groups is 1. The molecule has 2 rings (SSSR count). The van der Waals surface area contributed by atoms with E-state index in [4.69, 9.17) is 18.0 Å². The molecule has 6 heteroatoms. The number of hydrogen-bond donors (Lipinski definition) is 1. The van der Waals surface area contributed by atoms with E-state index in [1.54, 1.807) is 4.68 Å². The number of piperidine rings is 1. The Morgan fingerprint density at radius 3 is 2.37 bits per heavy atom. The summed E-state index contributed by atoms with van der Waals surface area (Å²) < 4.78 is 1.75. The maximum atomic E-state index is 12.5. The first-order chi connectivity index (χ1) is 8.91. The normalized spacial score (nSPS) is 16.7. The molecule has 1 aliphatic heterocycles. The lowest BCUT2D eigenvalue weighted by atomic mass is 9.96. The molecule has 0 unspecified atom stereocenters. The lowest BCUT2D eigenvalue weighted by Crippen LogP contribution is -2.41. The number of carbonyl (C=O) groups excluding carboxylic acids is 1. The Balaban J connectivity index is 2.12. The maximum absolute atomic E-state index is 12.5. The highest BCUT2D eigenvalue weighted by Gasteiger charge is 2.27. The van der Waals surface area contributed by atoms with Crippen LogP contribution in [0.25, 0.3) is 0 Å². The maximum Gasteiger partial charge on any atom is 0.257 e. The van der Waals surface area contributed by atoms with Gasteiger partial charge in [0.05, 0.1) is 16.2 Å². The van der Waals surface area contributed by atoms with Crippen LogP contribution >= 0.6 is 12.2 Å². The van der Waals surface area contributed by atoms with E-state index in [2.05, 4.69) is 5.10 Å². The van der Waals surface area contributed by atoms with Crippen molar-refractivity contribution in [2.24, 2.45) is 18.7 Å². The predicted molar refractivity (Wildman–Crippen MR) is 78.1 cm³/mol. The van der Waals surface area contributed by atoms with Crippen molar-refractivity contribution < 1.29 is 4.79 Å². The van der Waals surface area contributed by atoms with Gasteiger partial charge in [-0.1, -0.05) is 12.2 Å². The monoisotopic (exact) mass is 280 g/mol. The SMILES string of the molecule is Cc1nn(C)c(C)c1C(=O)N1CCC(C(N)=S)CC1. The fourth-order valence-corrected chi connectivity index (χ4v) is 2.84. The van der Waals surface area contributed by atoms with Gasteiger partial charge in [0.1, 0.15) is 0 Å². The number of nitrogens with two attached hydrogens (primary N) is 1. The van der Waals surface area contributed by atoms with Gasteiger partial charge in [-0.05, 0) is 26.7 Å². The molecule has 2 heterocycles. The van der Waals surface area contributed by atoms with E-state index in [1.807, 2.05) is 25.8 Å². The van der Waals surface area contributed by atoms with Crippen molar-refractivity contribution in [2.75, 3.05) is 13.1 Å². The minimum Gasteiger partial charge on any atom is -0.393 e. The van der Waals surface area contributed by atoms with Crippen LogP contribution in [0.2, 0.25) is 0 Å². The van der Waals surface area contributed by atoms with Crippen molar-refractivity contribution in [1.82, 2.24) is 14.7 Å². The highest BCUT2D eigenvalue weighted by molar-refractivity contribution is 7.80. The number of aryl methyl sites for hydroxylation is 2. The molecule has 5 nitrogen and oxygen atoms in total. The minimum atomic E-state index is 0.0736. The summed E-state index contributed by atoms with van der Waals surface area (Å²) in [4.78, 5) is 15.0. The fraction of sp³-hybridized carbons (Fsp3) is 0.615. The first kappa shape index (κ1) is 14.0. The van der Waals surface area contributed by atoms with Gasteiger partial charge in [-0.3, -0.25) is 9.48 Å². The van der Waals surface area contributed by atoms with E-state index in [0.29, 0.717) is 18.1 Å². The summed E-state index contributed by atoms with van der Waals surface area (Å²) in [5.74, 6) is 0.347. The zero-order valence-corrected chi connectivity index (χ0v) is 12.5. The Morgan fingerprint density at radius 2 is 1.95 bits per heavy atom. The van der Waals surface area contributed by atoms with Crippen molar-refractivity contribution >= 4 is 23.1 Å². The standard InChI is InChI=1S/C13H20N4OS/c1-8-11(9(2)16(3)15-8)13(18)17-6-4-10(5-7-17)12(14)19/h10H,4-7H2,1-3H3,(H2,14,19). The third kappa shape index (κ3) is 2.63. The molecule has 1 fully saturated rings. The number of rotatable bonds is 2. The van der Waals surface area contributed by atoms with Crippen LogP contribution in [0.4, 0.5) is 0 Å². The van der Waals surface area contributed by atoms with Gasteiger partial charge < -0.3 is 10.6 Å². The molecular weight excluding hydrogens is 260 g/mol. The number of amides is 1. The number of nitrogens with zero attached hydrogens (tertiary/aromatic N) is 3. The predicted octanol–water partition coefficient (Wildman–Crippen LogP) is 1.18. The summed E-state index contributed by atoms with van der Waals surface area (Å²) in [5, 5.41) is 4.30. The number of aromatic nitrogens is 2. The smallest absolute Gasteiger partial charge is 0.257 e. The van der Waals surface area contributed by atoms with Crippen LogP contribution in [0.3, 0.4) is 0 Å². The molecule has 0 saturated carbocycles. The molecule has 19 heavy (non-hydrogen) atoms. The third-order valence-corrected chi connectivity index (χ3v) is 4.24. The second-order valence-corrected chi connectivity index (χ2v) is 5.61. The van der Waals surface area contributed by atoms with Gasteiger partial charge in [-0.25, -0.2) is 0 Å². The van der Waals surface area contributed by atoms with Gasteiger partial charge in [0.25, 0.3) is 5.91 Å². The van der Waals surface area contributed by atoms with Crippen molar-refractivity contribution in [3.63, 3.8) is 0 Å². The first-order valence-electron chi connectivity index (χ1n) is 6.50. The summed E-state index contributed by atoms with van der Waals surface area (Å²) in [5.41, 5.74) is 8.11. The van der Waals surface area contributed by atoms with Crippen LogP contribution in [0.5, 0.6) is 0 Å². The highest BCUT2D eigenvalue weighted by atomic mass is 32.1. The molecule has 2 N–H and O–H groups in total. The molecule has 0 atom stereocenters. The van der Waals surface area contributed by atoms with Gasteiger partial charge in [-0.2, -0.15) is 5.10 Å².